The molecule has 0 aromatic carbocycles. The monoisotopic (exact) mass is 290 g/mol. The molecular formula is C20H34O. The second-order valence-electron chi connectivity index (χ2n) is 9.04. The van der Waals surface area contributed by atoms with Crippen molar-refractivity contribution in [3.8, 4) is 0 Å². The van der Waals surface area contributed by atoms with Crippen molar-refractivity contribution in [2.24, 2.45) is 34.5 Å². The molecule has 21 heavy (non-hydrogen) atoms. The van der Waals surface area contributed by atoms with Crippen LogP contribution in [-0.4, -0.2) is 11.7 Å². The second-order valence-corrected chi connectivity index (χ2v) is 9.04. The van der Waals surface area contributed by atoms with Crippen LogP contribution in [-0.2, 0) is 0 Å². The van der Waals surface area contributed by atoms with E-state index in [0.717, 1.165) is 17.8 Å². The summed E-state index contributed by atoms with van der Waals surface area (Å²) in [6.07, 6.45) is 11.8. The zero-order valence-electron chi connectivity index (χ0n) is 14.5. The summed E-state index contributed by atoms with van der Waals surface area (Å²) in [6, 6.07) is 0. The van der Waals surface area contributed by atoms with Crippen LogP contribution in [0.4, 0.5) is 0 Å². The SMILES string of the molecule is C[C@H]1C(=CCO)CC[C@H]2[C@H]1CC[C@H]1C(C)(C)CCC[C@]21C. The third-order valence-electron chi connectivity index (χ3n) is 7.75. The summed E-state index contributed by atoms with van der Waals surface area (Å²) < 4.78 is 0. The number of allylic oxidation sites excluding steroid dienone is 1. The van der Waals surface area contributed by atoms with Gasteiger partial charge in [0, 0.05) is 0 Å². The summed E-state index contributed by atoms with van der Waals surface area (Å²) >= 11 is 0. The molecule has 3 fully saturated rings. The molecule has 0 aromatic rings. The van der Waals surface area contributed by atoms with E-state index in [1.165, 1.54) is 50.5 Å². The minimum Gasteiger partial charge on any atom is -0.392 e. The van der Waals surface area contributed by atoms with E-state index in [1.54, 1.807) is 0 Å². The van der Waals surface area contributed by atoms with Gasteiger partial charge in [-0.15, -0.1) is 0 Å². The van der Waals surface area contributed by atoms with Gasteiger partial charge in [-0.25, -0.2) is 0 Å². The molecule has 0 heterocycles. The third kappa shape index (κ3) is 2.40. The molecule has 120 valence electrons. The highest BCUT2D eigenvalue weighted by molar-refractivity contribution is 5.16. The van der Waals surface area contributed by atoms with E-state index < -0.39 is 0 Å². The van der Waals surface area contributed by atoms with Crippen molar-refractivity contribution in [2.75, 3.05) is 6.61 Å². The number of hydrogen-bond donors (Lipinski definition) is 1. The van der Waals surface area contributed by atoms with Gasteiger partial charge in [-0.3, -0.25) is 0 Å². The Morgan fingerprint density at radius 1 is 1.14 bits per heavy atom. The average molecular weight is 290 g/mol. The summed E-state index contributed by atoms with van der Waals surface area (Å²) in [7, 11) is 0. The van der Waals surface area contributed by atoms with Crippen molar-refractivity contribution in [3.05, 3.63) is 11.6 Å². The van der Waals surface area contributed by atoms with Gasteiger partial charge in [0.2, 0.25) is 0 Å². The molecule has 0 radical (unpaired) electrons. The van der Waals surface area contributed by atoms with Gasteiger partial charge >= 0.3 is 0 Å². The van der Waals surface area contributed by atoms with Crippen molar-refractivity contribution in [2.45, 2.75) is 72.6 Å². The van der Waals surface area contributed by atoms with Gasteiger partial charge in [-0.2, -0.15) is 0 Å². The normalized spacial score (nSPS) is 47.8. The minimum atomic E-state index is 0.226. The Kier molecular flexibility index (Phi) is 4.01. The first-order chi connectivity index (χ1) is 9.90. The van der Waals surface area contributed by atoms with E-state index in [9.17, 15) is 5.11 Å². The van der Waals surface area contributed by atoms with E-state index in [0.29, 0.717) is 16.7 Å². The van der Waals surface area contributed by atoms with Crippen LogP contribution in [0.3, 0.4) is 0 Å². The highest BCUT2D eigenvalue weighted by atomic mass is 16.2. The molecule has 3 aliphatic rings. The molecule has 0 aromatic heterocycles. The summed E-state index contributed by atoms with van der Waals surface area (Å²) in [5.74, 6) is 3.41. The van der Waals surface area contributed by atoms with Crippen molar-refractivity contribution < 1.29 is 5.11 Å². The Morgan fingerprint density at radius 2 is 1.90 bits per heavy atom. The van der Waals surface area contributed by atoms with E-state index in [2.05, 4.69) is 33.8 Å². The highest BCUT2D eigenvalue weighted by Crippen LogP contribution is 2.64. The molecule has 0 saturated heterocycles. The number of hydrogen-bond acceptors (Lipinski definition) is 1. The zero-order valence-corrected chi connectivity index (χ0v) is 14.5. The van der Waals surface area contributed by atoms with E-state index in [4.69, 9.17) is 0 Å². The molecule has 0 spiro atoms. The Hall–Kier alpha value is -0.300. The maximum absolute atomic E-state index is 9.26. The van der Waals surface area contributed by atoms with Crippen LogP contribution in [0, 0.1) is 34.5 Å². The predicted molar refractivity (Wildman–Crippen MR) is 89.0 cm³/mol. The van der Waals surface area contributed by atoms with E-state index in [-0.39, 0.29) is 6.61 Å². The smallest absolute Gasteiger partial charge is 0.0615 e. The lowest BCUT2D eigenvalue weighted by molar-refractivity contribution is -0.113. The molecule has 1 heteroatoms. The van der Waals surface area contributed by atoms with Crippen LogP contribution in [0.2, 0.25) is 0 Å². The lowest BCUT2D eigenvalue weighted by Crippen LogP contribution is -2.53. The van der Waals surface area contributed by atoms with Crippen molar-refractivity contribution >= 4 is 0 Å². The van der Waals surface area contributed by atoms with E-state index in [1.807, 2.05) is 0 Å². The molecule has 1 nitrogen and oxygen atoms in total. The third-order valence-corrected chi connectivity index (χ3v) is 7.75. The van der Waals surface area contributed by atoms with Gasteiger partial charge in [-0.05, 0) is 73.0 Å². The van der Waals surface area contributed by atoms with Crippen LogP contribution in [0.5, 0.6) is 0 Å². The quantitative estimate of drug-likeness (QED) is 0.659. The summed E-state index contributed by atoms with van der Waals surface area (Å²) in [5, 5.41) is 9.26. The first kappa shape index (κ1) is 15.6. The van der Waals surface area contributed by atoms with Crippen molar-refractivity contribution in [1.29, 1.82) is 0 Å². The summed E-state index contributed by atoms with van der Waals surface area (Å²) in [4.78, 5) is 0. The molecular weight excluding hydrogens is 256 g/mol. The van der Waals surface area contributed by atoms with Gasteiger partial charge in [0.25, 0.3) is 0 Å². The molecule has 3 aliphatic carbocycles. The number of fused-ring (bicyclic) bond motifs is 3. The van der Waals surface area contributed by atoms with Crippen LogP contribution < -0.4 is 0 Å². The fraction of sp³-hybridized carbons (Fsp3) is 0.900. The van der Waals surface area contributed by atoms with Gasteiger partial charge < -0.3 is 5.11 Å². The van der Waals surface area contributed by atoms with Gasteiger partial charge in [0.15, 0.2) is 0 Å². The van der Waals surface area contributed by atoms with Gasteiger partial charge in [-0.1, -0.05) is 45.8 Å². The first-order valence-corrected chi connectivity index (χ1v) is 9.20. The molecule has 3 saturated carbocycles. The fourth-order valence-electron chi connectivity index (χ4n) is 6.75. The minimum absolute atomic E-state index is 0.226. The molecule has 5 atom stereocenters. The maximum Gasteiger partial charge on any atom is 0.0615 e. The summed E-state index contributed by atoms with van der Waals surface area (Å²) in [5.41, 5.74) is 2.65. The Labute approximate surface area is 131 Å². The Balaban J connectivity index is 1.88. The van der Waals surface area contributed by atoms with Crippen LogP contribution >= 0.6 is 0 Å². The molecule has 3 rings (SSSR count). The lowest BCUT2D eigenvalue weighted by atomic mass is 9.43. The zero-order chi connectivity index (χ0) is 15.3. The number of aliphatic hydroxyl groups excluding tert-OH is 1. The molecule has 0 aliphatic heterocycles. The maximum atomic E-state index is 9.26. The van der Waals surface area contributed by atoms with Crippen molar-refractivity contribution in [3.63, 3.8) is 0 Å². The predicted octanol–water partition coefficient (Wildman–Crippen LogP) is 5.19. The topological polar surface area (TPSA) is 20.2 Å². The van der Waals surface area contributed by atoms with E-state index >= 15 is 0 Å². The highest BCUT2D eigenvalue weighted by Gasteiger charge is 2.56. The molecule has 0 unspecified atom stereocenters. The van der Waals surface area contributed by atoms with Gasteiger partial charge in [0.1, 0.15) is 0 Å². The molecule has 0 amide bonds. The number of rotatable bonds is 1. The largest absolute Gasteiger partial charge is 0.392 e. The number of aliphatic hydroxyl groups is 1. The summed E-state index contributed by atoms with van der Waals surface area (Å²) in [6.45, 7) is 10.3. The van der Waals surface area contributed by atoms with Crippen LogP contribution in [0.1, 0.15) is 72.6 Å². The molecule has 1 N–H and O–H groups in total. The fourth-order valence-corrected chi connectivity index (χ4v) is 6.75. The first-order valence-electron chi connectivity index (χ1n) is 9.20. The average Bonchev–Trinajstić information content (AvgIpc) is 2.41. The Bertz CT molecular complexity index is 422. The molecule has 0 bridgehead atoms. The van der Waals surface area contributed by atoms with Crippen LogP contribution in [0.15, 0.2) is 11.6 Å². The Morgan fingerprint density at radius 3 is 2.62 bits per heavy atom. The lowest BCUT2D eigenvalue weighted by Gasteiger charge is -2.62. The van der Waals surface area contributed by atoms with Gasteiger partial charge in [0.05, 0.1) is 6.61 Å². The standard InChI is InChI=1S/C20H34O/c1-14-15(10-13-21)6-8-17-16(14)7-9-18-19(2,3)11-5-12-20(17,18)4/h10,14,16-18,21H,5-9,11-13H2,1-4H3/t14-,16-,17-,18-,20+/m0/s1. The van der Waals surface area contributed by atoms with Crippen molar-refractivity contribution in [1.82, 2.24) is 0 Å². The van der Waals surface area contributed by atoms with Crippen LogP contribution in [0.25, 0.3) is 0 Å². The second kappa shape index (κ2) is 5.41.